The van der Waals surface area contributed by atoms with Crippen molar-refractivity contribution >= 4 is 12.0 Å². The number of rotatable bonds is 6. The number of aryl methyl sites for hydroxylation is 1. The number of nitrogens with one attached hydrogen (secondary N) is 1. The number of aliphatic carboxylic acids is 1. The number of urea groups is 1. The van der Waals surface area contributed by atoms with Gasteiger partial charge in [0.2, 0.25) is 0 Å². The van der Waals surface area contributed by atoms with Gasteiger partial charge in [0.05, 0.1) is 6.42 Å². The van der Waals surface area contributed by atoms with Crippen molar-refractivity contribution in [2.24, 2.45) is 0 Å². The van der Waals surface area contributed by atoms with Crippen LogP contribution in [0.4, 0.5) is 4.79 Å². The fraction of sp³-hybridized carbons (Fsp3) is 0.467. The van der Waals surface area contributed by atoms with Crippen LogP contribution in [0, 0.1) is 6.92 Å². The van der Waals surface area contributed by atoms with E-state index in [1.807, 2.05) is 13.8 Å². The molecule has 1 aromatic rings. The van der Waals surface area contributed by atoms with E-state index in [-0.39, 0.29) is 25.0 Å². The molecule has 0 fully saturated rings. The lowest BCUT2D eigenvalue weighted by atomic mass is 10.1. The zero-order chi connectivity index (χ0) is 15.1. The van der Waals surface area contributed by atoms with Crippen LogP contribution in [0.5, 0.6) is 0 Å². The standard InChI is InChI=1S/C15H22N2O3/c1-11-4-6-13(7-5-11)10-12(2)17(3)15(20)16-9-8-14(18)19/h4-7,12H,8-10H2,1-3H3,(H,16,20)(H,18,19). The van der Waals surface area contributed by atoms with E-state index in [0.717, 1.165) is 6.42 Å². The maximum atomic E-state index is 11.8. The van der Waals surface area contributed by atoms with Gasteiger partial charge in [-0.1, -0.05) is 29.8 Å². The van der Waals surface area contributed by atoms with E-state index in [0.29, 0.717) is 0 Å². The van der Waals surface area contributed by atoms with Gasteiger partial charge in [0, 0.05) is 19.6 Å². The summed E-state index contributed by atoms with van der Waals surface area (Å²) in [6, 6.07) is 8.02. The van der Waals surface area contributed by atoms with E-state index in [4.69, 9.17) is 5.11 Å². The van der Waals surface area contributed by atoms with Gasteiger partial charge in [-0.3, -0.25) is 4.79 Å². The van der Waals surface area contributed by atoms with Crippen LogP contribution in [0.2, 0.25) is 0 Å². The van der Waals surface area contributed by atoms with Crippen molar-refractivity contribution in [1.29, 1.82) is 0 Å². The number of nitrogens with zero attached hydrogens (tertiary/aromatic N) is 1. The zero-order valence-electron chi connectivity index (χ0n) is 12.2. The van der Waals surface area contributed by atoms with Crippen LogP contribution in [0.25, 0.3) is 0 Å². The largest absolute Gasteiger partial charge is 0.481 e. The molecule has 20 heavy (non-hydrogen) atoms. The van der Waals surface area contributed by atoms with E-state index < -0.39 is 5.97 Å². The number of carboxylic acids is 1. The molecular formula is C15H22N2O3. The number of carboxylic acid groups (broad SMARTS) is 1. The molecule has 2 amide bonds. The van der Waals surface area contributed by atoms with Crippen LogP contribution in [-0.4, -0.2) is 41.6 Å². The summed E-state index contributed by atoms with van der Waals surface area (Å²) in [5.74, 6) is -0.916. The number of amides is 2. The van der Waals surface area contributed by atoms with Gasteiger partial charge in [-0.05, 0) is 25.8 Å². The molecule has 5 heteroatoms. The summed E-state index contributed by atoms with van der Waals surface area (Å²) in [5, 5.41) is 11.1. The van der Waals surface area contributed by atoms with E-state index in [1.165, 1.54) is 11.1 Å². The molecule has 1 aromatic carbocycles. The van der Waals surface area contributed by atoms with Gasteiger partial charge in [0.1, 0.15) is 0 Å². The highest BCUT2D eigenvalue weighted by Crippen LogP contribution is 2.09. The normalized spacial score (nSPS) is 11.8. The SMILES string of the molecule is Cc1ccc(CC(C)N(C)C(=O)NCCC(=O)O)cc1. The lowest BCUT2D eigenvalue weighted by Crippen LogP contribution is -2.43. The van der Waals surface area contributed by atoms with Gasteiger partial charge < -0.3 is 15.3 Å². The predicted molar refractivity (Wildman–Crippen MR) is 77.8 cm³/mol. The maximum Gasteiger partial charge on any atom is 0.317 e. The topological polar surface area (TPSA) is 69.6 Å². The molecule has 2 N–H and O–H groups in total. The van der Waals surface area contributed by atoms with Crippen molar-refractivity contribution in [1.82, 2.24) is 10.2 Å². The van der Waals surface area contributed by atoms with Crippen LogP contribution in [0.15, 0.2) is 24.3 Å². The molecule has 0 radical (unpaired) electrons. The monoisotopic (exact) mass is 278 g/mol. The zero-order valence-corrected chi connectivity index (χ0v) is 12.2. The lowest BCUT2D eigenvalue weighted by Gasteiger charge is -2.25. The Morgan fingerprint density at radius 1 is 1.30 bits per heavy atom. The minimum atomic E-state index is -0.916. The minimum Gasteiger partial charge on any atom is -0.481 e. The molecule has 0 spiro atoms. The Morgan fingerprint density at radius 2 is 1.90 bits per heavy atom. The summed E-state index contributed by atoms with van der Waals surface area (Å²) < 4.78 is 0. The quantitative estimate of drug-likeness (QED) is 0.836. The first-order chi connectivity index (χ1) is 9.40. The molecule has 0 aliphatic carbocycles. The number of carbonyl (C=O) groups excluding carboxylic acids is 1. The lowest BCUT2D eigenvalue weighted by molar-refractivity contribution is -0.136. The van der Waals surface area contributed by atoms with Crippen LogP contribution in [0.1, 0.15) is 24.5 Å². The number of benzene rings is 1. The molecule has 0 heterocycles. The fourth-order valence-corrected chi connectivity index (χ4v) is 1.80. The van der Waals surface area contributed by atoms with Gasteiger partial charge >= 0.3 is 12.0 Å². The molecule has 0 aromatic heterocycles. The first-order valence-electron chi connectivity index (χ1n) is 6.68. The third-order valence-corrected chi connectivity index (χ3v) is 3.25. The predicted octanol–water partition coefficient (Wildman–Crippen LogP) is 2.04. The van der Waals surface area contributed by atoms with E-state index in [2.05, 4.69) is 29.6 Å². The Morgan fingerprint density at radius 3 is 2.45 bits per heavy atom. The fourth-order valence-electron chi connectivity index (χ4n) is 1.80. The second-order valence-electron chi connectivity index (χ2n) is 5.03. The third-order valence-electron chi connectivity index (χ3n) is 3.25. The molecule has 1 rings (SSSR count). The summed E-state index contributed by atoms with van der Waals surface area (Å²) in [6.45, 7) is 4.15. The molecular weight excluding hydrogens is 256 g/mol. The second kappa shape index (κ2) is 7.53. The number of carbonyl (C=O) groups is 2. The smallest absolute Gasteiger partial charge is 0.317 e. The van der Waals surface area contributed by atoms with Crippen molar-refractivity contribution in [2.75, 3.05) is 13.6 Å². The van der Waals surface area contributed by atoms with Crippen molar-refractivity contribution in [3.05, 3.63) is 35.4 Å². The van der Waals surface area contributed by atoms with Gasteiger partial charge in [0.25, 0.3) is 0 Å². The van der Waals surface area contributed by atoms with E-state index in [9.17, 15) is 9.59 Å². The molecule has 0 bridgehead atoms. The van der Waals surface area contributed by atoms with Crippen LogP contribution >= 0.6 is 0 Å². The Labute approximate surface area is 119 Å². The van der Waals surface area contributed by atoms with Crippen molar-refractivity contribution < 1.29 is 14.7 Å². The Balaban J connectivity index is 2.45. The Kier molecular flexibility index (Phi) is 6.03. The molecule has 0 aliphatic rings. The molecule has 1 unspecified atom stereocenters. The highest BCUT2D eigenvalue weighted by atomic mass is 16.4. The van der Waals surface area contributed by atoms with Gasteiger partial charge in [0.15, 0.2) is 0 Å². The first-order valence-corrected chi connectivity index (χ1v) is 6.68. The van der Waals surface area contributed by atoms with Crippen molar-refractivity contribution in [3.63, 3.8) is 0 Å². The average Bonchev–Trinajstić information content (AvgIpc) is 2.39. The van der Waals surface area contributed by atoms with Gasteiger partial charge in [-0.2, -0.15) is 0 Å². The average molecular weight is 278 g/mol. The van der Waals surface area contributed by atoms with Gasteiger partial charge in [-0.15, -0.1) is 0 Å². The summed E-state index contributed by atoms with van der Waals surface area (Å²) in [7, 11) is 1.72. The van der Waals surface area contributed by atoms with E-state index >= 15 is 0 Å². The Bertz CT molecular complexity index is 457. The minimum absolute atomic E-state index is 0.0440. The van der Waals surface area contributed by atoms with E-state index in [1.54, 1.807) is 11.9 Å². The van der Waals surface area contributed by atoms with Crippen LogP contribution < -0.4 is 5.32 Å². The van der Waals surface area contributed by atoms with Crippen molar-refractivity contribution in [2.45, 2.75) is 32.7 Å². The molecule has 0 saturated heterocycles. The maximum absolute atomic E-state index is 11.8. The highest BCUT2D eigenvalue weighted by Gasteiger charge is 2.15. The molecule has 1 atom stereocenters. The molecule has 110 valence electrons. The molecule has 5 nitrogen and oxygen atoms in total. The highest BCUT2D eigenvalue weighted by molar-refractivity contribution is 5.75. The molecule has 0 aliphatic heterocycles. The number of hydrogen-bond acceptors (Lipinski definition) is 2. The van der Waals surface area contributed by atoms with Gasteiger partial charge in [-0.25, -0.2) is 4.79 Å². The Hall–Kier alpha value is -2.04. The summed E-state index contributed by atoms with van der Waals surface area (Å²) in [6.07, 6.45) is 0.703. The first kappa shape index (κ1) is 16.0. The second-order valence-corrected chi connectivity index (χ2v) is 5.03. The summed E-state index contributed by atoms with van der Waals surface area (Å²) in [5.41, 5.74) is 2.38. The molecule has 0 saturated carbocycles. The number of hydrogen-bond donors (Lipinski definition) is 2. The van der Waals surface area contributed by atoms with Crippen LogP contribution in [-0.2, 0) is 11.2 Å². The summed E-state index contributed by atoms with van der Waals surface area (Å²) >= 11 is 0. The third kappa shape index (κ3) is 5.30. The van der Waals surface area contributed by atoms with Crippen LogP contribution in [0.3, 0.4) is 0 Å². The number of likely N-dealkylation sites (N-methyl/N-ethyl adjacent to an activating group) is 1. The summed E-state index contributed by atoms with van der Waals surface area (Å²) in [4.78, 5) is 23.8. The van der Waals surface area contributed by atoms with Crippen molar-refractivity contribution in [3.8, 4) is 0 Å².